The molecule has 1 N–H and O–H groups in total. The van der Waals surface area contributed by atoms with Gasteiger partial charge in [-0.15, -0.1) is 24.0 Å². The van der Waals surface area contributed by atoms with Gasteiger partial charge in [-0.3, -0.25) is 9.78 Å². The molecular formula is C15H12N2OS2. The van der Waals surface area contributed by atoms with Crippen LogP contribution in [0.4, 0.5) is 5.69 Å². The predicted octanol–water partition coefficient (Wildman–Crippen LogP) is 4.15. The van der Waals surface area contributed by atoms with Gasteiger partial charge in [0.15, 0.2) is 0 Å². The van der Waals surface area contributed by atoms with Crippen molar-refractivity contribution in [2.24, 2.45) is 0 Å². The van der Waals surface area contributed by atoms with Crippen LogP contribution in [-0.4, -0.2) is 10.9 Å². The van der Waals surface area contributed by atoms with Crippen LogP contribution in [0.1, 0.15) is 15.4 Å². The van der Waals surface area contributed by atoms with Crippen molar-refractivity contribution in [3.63, 3.8) is 0 Å². The summed E-state index contributed by atoms with van der Waals surface area (Å²) in [6.07, 6.45) is 0. The highest BCUT2D eigenvalue weighted by Gasteiger charge is 2.11. The Kier molecular flexibility index (Phi) is 3.46. The van der Waals surface area contributed by atoms with Crippen molar-refractivity contribution < 1.29 is 4.79 Å². The van der Waals surface area contributed by atoms with Gasteiger partial charge >= 0.3 is 0 Å². The number of thiophene rings is 1. The molecule has 3 rings (SSSR count). The van der Waals surface area contributed by atoms with Gasteiger partial charge in [-0.1, -0.05) is 18.2 Å². The summed E-state index contributed by atoms with van der Waals surface area (Å²) in [4.78, 5) is 18.1. The summed E-state index contributed by atoms with van der Waals surface area (Å²) in [5, 5.41) is 5.76. The third-order valence-electron chi connectivity index (χ3n) is 2.92. The molecule has 0 aliphatic carbocycles. The van der Waals surface area contributed by atoms with Crippen LogP contribution in [0.15, 0.2) is 46.7 Å². The molecular weight excluding hydrogens is 288 g/mol. The van der Waals surface area contributed by atoms with Gasteiger partial charge in [-0.05, 0) is 25.1 Å². The van der Waals surface area contributed by atoms with E-state index in [9.17, 15) is 4.79 Å². The maximum atomic E-state index is 12.2. The first-order valence-electron chi connectivity index (χ1n) is 6.09. The lowest BCUT2D eigenvalue weighted by atomic mass is 10.1. The maximum absolute atomic E-state index is 12.2. The second kappa shape index (κ2) is 5.26. The van der Waals surface area contributed by atoms with Crippen LogP contribution in [-0.2, 0) is 0 Å². The number of benzene rings is 1. The topological polar surface area (TPSA) is 42.0 Å². The van der Waals surface area contributed by atoms with Crippen LogP contribution < -0.4 is 5.32 Å². The Morgan fingerprint density at radius 2 is 2.15 bits per heavy atom. The average Bonchev–Trinajstić information content (AvgIpc) is 2.86. The fourth-order valence-electron chi connectivity index (χ4n) is 1.97. The minimum Gasteiger partial charge on any atom is -0.319 e. The predicted molar refractivity (Wildman–Crippen MR) is 86.0 cm³/mol. The Morgan fingerprint density at radius 1 is 1.30 bits per heavy atom. The van der Waals surface area contributed by atoms with Crippen molar-refractivity contribution in [1.82, 2.24) is 4.98 Å². The Balaban J connectivity index is 1.98. The summed E-state index contributed by atoms with van der Waals surface area (Å²) in [7, 11) is 0. The molecule has 3 aromatic rings. The number of nitrogens with one attached hydrogen (secondary N) is 1. The van der Waals surface area contributed by atoms with E-state index in [1.807, 2.05) is 42.6 Å². The number of nitrogens with zero attached hydrogens (tertiary/aromatic N) is 1. The number of hydrogen-bond acceptors (Lipinski definition) is 4. The Labute approximate surface area is 126 Å². The van der Waals surface area contributed by atoms with E-state index in [1.54, 1.807) is 6.07 Å². The van der Waals surface area contributed by atoms with E-state index < -0.39 is 0 Å². The van der Waals surface area contributed by atoms with Crippen LogP contribution in [0.2, 0.25) is 0 Å². The molecule has 0 saturated carbocycles. The molecule has 0 bridgehead atoms. The number of fused-ring (bicyclic) bond motifs is 1. The van der Waals surface area contributed by atoms with E-state index in [0.29, 0.717) is 4.88 Å². The van der Waals surface area contributed by atoms with E-state index in [-0.39, 0.29) is 5.91 Å². The molecule has 1 amide bonds. The number of pyridine rings is 1. The monoisotopic (exact) mass is 300 g/mol. The maximum Gasteiger partial charge on any atom is 0.265 e. The molecule has 0 aliphatic heterocycles. The minimum absolute atomic E-state index is 0.133. The smallest absolute Gasteiger partial charge is 0.265 e. The second-order valence-corrected chi connectivity index (χ2v) is 5.88. The molecule has 3 nitrogen and oxygen atoms in total. The number of thiol groups is 1. The quantitative estimate of drug-likeness (QED) is 0.698. The van der Waals surface area contributed by atoms with Gasteiger partial charge in [0.25, 0.3) is 5.91 Å². The summed E-state index contributed by atoms with van der Waals surface area (Å²) in [5.74, 6) is -0.133. The fraction of sp³-hybridized carbons (Fsp3) is 0.0667. The van der Waals surface area contributed by atoms with Crippen LogP contribution in [0, 0.1) is 6.92 Å². The number of rotatable bonds is 2. The molecule has 100 valence electrons. The Hall–Kier alpha value is -1.85. The molecule has 0 unspecified atom stereocenters. The zero-order chi connectivity index (χ0) is 14.1. The van der Waals surface area contributed by atoms with Crippen molar-refractivity contribution in [1.29, 1.82) is 0 Å². The van der Waals surface area contributed by atoms with Gasteiger partial charge in [0.05, 0.1) is 16.1 Å². The molecule has 0 fully saturated rings. The number of anilines is 1. The van der Waals surface area contributed by atoms with Crippen LogP contribution in [0.5, 0.6) is 0 Å². The fourth-order valence-corrected chi connectivity index (χ4v) is 3.02. The van der Waals surface area contributed by atoms with Gasteiger partial charge in [-0.25, -0.2) is 0 Å². The van der Waals surface area contributed by atoms with Crippen LogP contribution in [0.3, 0.4) is 0 Å². The normalized spacial score (nSPS) is 10.7. The lowest BCUT2D eigenvalue weighted by Gasteiger charge is -2.07. The molecule has 0 saturated heterocycles. The molecule has 0 aliphatic rings. The number of carbonyl (C=O) groups excluding carboxylic acids is 1. The van der Waals surface area contributed by atoms with E-state index in [2.05, 4.69) is 22.9 Å². The Bertz CT molecular complexity index is 795. The van der Waals surface area contributed by atoms with Crippen molar-refractivity contribution in [3.05, 3.63) is 52.3 Å². The summed E-state index contributed by atoms with van der Waals surface area (Å²) in [5.41, 5.74) is 2.46. The number of aryl methyl sites for hydroxylation is 1. The number of carbonyl (C=O) groups is 1. The highest BCUT2D eigenvalue weighted by molar-refractivity contribution is 7.80. The third kappa shape index (κ3) is 2.55. The van der Waals surface area contributed by atoms with Gasteiger partial charge in [0.2, 0.25) is 0 Å². The van der Waals surface area contributed by atoms with Gasteiger partial charge in [-0.2, -0.15) is 0 Å². The number of amides is 1. The van der Waals surface area contributed by atoms with E-state index in [4.69, 9.17) is 0 Å². The number of aromatic nitrogens is 1. The lowest BCUT2D eigenvalue weighted by Crippen LogP contribution is -2.10. The van der Waals surface area contributed by atoms with Crippen molar-refractivity contribution in [2.75, 3.05) is 5.32 Å². The molecule has 0 radical (unpaired) electrons. The zero-order valence-corrected chi connectivity index (χ0v) is 12.5. The van der Waals surface area contributed by atoms with Gasteiger partial charge in [0, 0.05) is 21.4 Å². The second-order valence-electron chi connectivity index (χ2n) is 4.45. The standard InChI is InChI=1S/C15H12N2OS2/c1-9-5-6-10-3-2-4-12(14(10)16-9)17-15(18)13-7-11(19)8-20-13/h2-8,19H,1H3,(H,17,18). The van der Waals surface area contributed by atoms with Crippen molar-refractivity contribution in [3.8, 4) is 0 Å². The first-order valence-corrected chi connectivity index (χ1v) is 7.41. The van der Waals surface area contributed by atoms with E-state index in [0.717, 1.165) is 27.2 Å². The number of para-hydroxylation sites is 1. The Morgan fingerprint density at radius 3 is 2.90 bits per heavy atom. The molecule has 2 aromatic heterocycles. The number of hydrogen-bond donors (Lipinski definition) is 2. The van der Waals surface area contributed by atoms with Gasteiger partial charge < -0.3 is 5.32 Å². The van der Waals surface area contributed by atoms with Crippen LogP contribution in [0.25, 0.3) is 10.9 Å². The summed E-state index contributed by atoms with van der Waals surface area (Å²) in [6, 6.07) is 11.5. The van der Waals surface area contributed by atoms with Crippen LogP contribution >= 0.6 is 24.0 Å². The first-order chi connectivity index (χ1) is 9.63. The third-order valence-corrected chi connectivity index (χ3v) is 4.28. The molecule has 0 atom stereocenters. The SMILES string of the molecule is Cc1ccc2cccc(NC(=O)c3cc(S)cs3)c2n1. The van der Waals surface area contributed by atoms with Crippen molar-refractivity contribution in [2.45, 2.75) is 11.8 Å². The zero-order valence-electron chi connectivity index (χ0n) is 10.8. The molecule has 0 spiro atoms. The first kappa shape index (κ1) is 13.1. The molecule has 2 heterocycles. The highest BCUT2D eigenvalue weighted by atomic mass is 32.1. The van der Waals surface area contributed by atoms with Gasteiger partial charge in [0.1, 0.15) is 0 Å². The summed E-state index contributed by atoms with van der Waals surface area (Å²) in [6.45, 7) is 1.94. The minimum atomic E-state index is -0.133. The van der Waals surface area contributed by atoms with E-state index >= 15 is 0 Å². The summed E-state index contributed by atoms with van der Waals surface area (Å²) >= 11 is 5.59. The largest absolute Gasteiger partial charge is 0.319 e. The summed E-state index contributed by atoms with van der Waals surface area (Å²) < 4.78 is 0. The molecule has 20 heavy (non-hydrogen) atoms. The highest BCUT2D eigenvalue weighted by Crippen LogP contribution is 2.24. The molecule has 5 heteroatoms. The lowest BCUT2D eigenvalue weighted by molar-refractivity contribution is 0.103. The molecule has 1 aromatic carbocycles. The van der Waals surface area contributed by atoms with E-state index in [1.165, 1.54) is 11.3 Å². The van der Waals surface area contributed by atoms with Crippen molar-refractivity contribution >= 4 is 46.5 Å². The average molecular weight is 300 g/mol.